The van der Waals surface area contributed by atoms with Crippen molar-refractivity contribution in [3.63, 3.8) is 0 Å². The van der Waals surface area contributed by atoms with E-state index < -0.39 is 0 Å². The van der Waals surface area contributed by atoms with Gasteiger partial charge in [-0.25, -0.2) is 0 Å². The van der Waals surface area contributed by atoms with Crippen LogP contribution in [0.5, 0.6) is 0 Å². The smallest absolute Gasteiger partial charge is 0.0907 e. The van der Waals surface area contributed by atoms with Crippen molar-refractivity contribution in [2.75, 3.05) is 18.4 Å². The Morgan fingerprint density at radius 2 is 2.06 bits per heavy atom. The van der Waals surface area contributed by atoms with E-state index in [1.165, 1.54) is 19.3 Å². The number of rotatable bonds is 3. The second kappa shape index (κ2) is 5.31. The van der Waals surface area contributed by atoms with Crippen molar-refractivity contribution < 1.29 is 0 Å². The molecule has 0 saturated carbocycles. The number of benzene rings is 1. The topological polar surface area (TPSA) is 49.8 Å². The lowest BCUT2D eigenvalue weighted by Gasteiger charge is -2.24. The first-order valence-corrected chi connectivity index (χ1v) is 6.60. The Morgan fingerprint density at radius 3 is 2.89 bits per heavy atom. The summed E-state index contributed by atoms with van der Waals surface area (Å²) in [5.74, 6) is 0. The highest BCUT2D eigenvalue weighted by Gasteiger charge is 2.11. The van der Waals surface area contributed by atoms with Gasteiger partial charge in [0.25, 0.3) is 0 Å². The third-order valence-corrected chi connectivity index (χ3v) is 3.43. The molecule has 1 fully saturated rings. The lowest BCUT2D eigenvalue weighted by Crippen LogP contribution is -2.39. The molecule has 0 spiro atoms. The lowest BCUT2D eigenvalue weighted by atomic mass is 10.1. The van der Waals surface area contributed by atoms with Crippen LogP contribution in [-0.2, 0) is 0 Å². The van der Waals surface area contributed by atoms with Crippen LogP contribution in [0.3, 0.4) is 0 Å². The molecule has 1 unspecified atom stereocenters. The fraction of sp³-hybridized carbons (Fsp3) is 0.429. The Hall–Kier alpha value is -1.68. The molecule has 4 heteroatoms. The van der Waals surface area contributed by atoms with E-state index in [4.69, 9.17) is 0 Å². The maximum Gasteiger partial charge on any atom is 0.0907 e. The Bertz CT molecular complexity index is 520. The Balaban J connectivity index is 1.66. The van der Waals surface area contributed by atoms with Gasteiger partial charge in [0.2, 0.25) is 0 Å². The van der Waals surface area contributed by atoms with Crippen molar-refractivity contribution in [3.05, 3.63) is 30.6 Å². The molecule has 0 aliphatic carbocycles. The van der Waals surface area contributed by atoms with Crippen LogP contribution in [-0.4, -0.2) is 29.1 Å². The van der Waals surface area contributed by atoms with Gasteiger partial charge in [0.05, 0.1) is 11.0 Å². The largest absolute Gasteiger partial charge is 0.383 e. The normalized spacial score (nSPS) is 19.9. The standard InChI is InChI=1S/C14H18N4/c1-2-6-15-12(3-1)10-18-11-4-5-13-14(9-11)17-8-7-16-13/h4-5,7-9,12,15,18H,1-3,6,10H2. The number of fused-ring (bicyclic) bond motifs is 1. The Kier molecular flexibility index (Phi) is 3.37. The van der Waals surface area contributed by atoms with Crippen LogP contribution in [0.15, 0.2) is 30.6 Å². The third-order valence-electron chi connectivity index (χ3n) is 3.43. The summed E-state index contributed by atoms with van der Waals surface area (Å²) in [6.45, 7) is 2.13. The van der Waals surface area contributed by atoms with E-state index >= 15 is 0 Å². The monoisotopic (exact) mass is 242 g/mol. The molecule has 0 amide bonds. The van der Waals surface area contributed by atoms with E-state index in [0.717, 1.165) is 29.8 Å². The third kappa shape index (κ3) is 2.59. The van der Waals surface area contributed by atoms with Gasteiger partial charge in [-0.05, 0) is 37.6 Å². The SMILES string of the molecule is c1cnc2cc(NCC3CCCCN3)ccc2n1. The van der Waals surface area contributed by atoms with Crippen LogP contribution in [0, 0.1) is 0 Å². The molecule has 1 atom stereocenters. The molecule has 1 aromatic heterocycles. The van der Waals surface area contributed by atoms with Gasteiger partial charge >= 0.3 is 0 Å². The van der Waals surface area contributed by atoms with Gasteiger partial charge in [-0.2, -0.15) is 0 Å². The zero-order valence-corrected chi connectivity index (χ0v) is 10.4. The average molecular weight is 242 g/mol. The molecule has 94 valence electrons. The summed E-state index contributed by atoms with van der Waals surface area (Å²) in [4.78, 5) is 8.59. The molecule has 4 nitrogen and oxygen atoms in total. The first-order valence-electron chi connectivity index (χ1n) is 6.60. The maximum atomic E-state index is 4.32. The van der Waals surface area contributed by atoms with Gasteiger partial charge in [0.15, 0.2) is 0 Å². The molecule has 0 radical (unpaired) electrons. The Morgan fingerprint density at radius 1 is 1.17 bits per heavy atom. The molecule has 18 heavy (non-hydrogen) atoms. The average Bonchev–Trinajstić information content (AvgIpc) is 2.46. The summed E-state index contributed by atoms with van der Waals surface area (Å²) in [5.41, 5.74) is 3.01. The number of nitrogens with zero attached hydrogens (tertiary/aromatic N) is 2. The van der Waals surface area contributed by atoms with E-state index in [1.807, 2.05) is 6.07 Å². The highest BCUT2D eigenvalue weighted by molar-refractivity contribution is 5.78. The number of anilines is 1. The van der Waals surface area contributed by atoms with Crippen molar-refractivity contribution in [2.24, 2.45) is 0 Å². The van der Waals surface area contributed by atoms with Crippen molar-refractivity contribution in [1.29, 1.82) is 0 Å². The predicted octanol–water partition coefficient (Wildman–Crippen LogP) is 2.18. The summed E-state index contributed by atoms with van der Waals surface area (Å²) >= 11 is 0. The summed E-state index contributed by atoms with van der Waals surface area (Å²) in [6.07, 6.45) is 7.36. The minimum Gasteiger partial charge on any atom is -0.383 e. The van der Waals surface area contributed by atoms with E-state index in [0.29, 0.717) is 6.04 Å². The zero-order chi connectivity index (χ0) is 12.2. The minimum absolute atomic E-state index is 0.594. The van der Waals surface area contributed by atoms with Crippen molar-refractivity contribution >= 4 is 16.7 Å². The second-order valence-corrected chi connectivity index (χ2v) is 4.79. The Labute approximate surface area is 107 Å². The van der Waals surface area contributed by atoms with E-state index in [2.05, 4.69) is 32.7 Å². The zero-order valence-electron chi connectivity index (χ0n) is 10.4. The number of hydrogen-bond donors (Lipinski definition) is 2. The molecule has 2 heterocycles. The fourth-order valence-electron chi connectivity index (χ4n) is 2.41. The fourth-order valence-corrected chi connectivity index (χ4v) is 2.41. The lowest BCUT2D eigenvalue weighted by molar-refractivity contribution is 0.414. The summed E-state index contributed by atoms with van der Waals surface area (Å²) in [7, 11) is 0. The van der Waals surface area contributed by atoms with Gasteiger partial charge in [-0.15, -0.1) is 0 Å². The van der Waals surface area contributed by atoms with Crippen molar-refractivity contribution in [1.82, 2.24) is 15.3 Å². The van der Waals surface area contributed by atoms with Crippen molar-refractivity contribution in [2.45, 2.75) is 25.3 Å². The molecule has 3 rings (SSSR count). The van der Waals surface area contributed by atoms with Gasteiger partial charge in [0.1, 0.15) is 0 Å². The maximum absolute atomic E-state index is 4.32. The molecule has 2 N–H and O–H groups in total. The minimum atomic E-state index is 0.594. The second-order valence-electron chi connectivity index (χ2n) is 4.79. The van der Waals surface area contributed by atoms with Gasteiger partial charge in [-0.1, -0.05) is 6.42 Å². The summed E-state index contributed by atoms with van der Waals surface area (Å²) in [5, 5.41) is 7.01. The van der Waals surface area contributed by atoms with Crippen LogP contribution < -0.4 is 10.6 Å². The summed E-state index contributed by atoms with van der Waals surface area (Å²) < 4.78 is 0. The van der Waals surface area contributed by atoms with Crippen LogP contribution in [0.25, 0.3) is 11.0 Å². The molecular formula is C14H18N4. The van der Waals surface area contributed by atoms with Gasteiger partial charge in [0, 0.05) is 30.7 Å². The molecule has 2 aromatic rings. The van der Waals surface area contributed by atoms with Gasteiger partial charge in [-0.3, -0.25) is 9.97 Å². The molecular weight excluding hydrogens is 224 g/mol. The van der Waals surface area contributed by atoms with Crippen molar-refractivity contribution in [3.8, 4) is 0 Å². The van der Waals surface area contributed by atoms with E-state index in [-0.39, 0.29) is 0 Å². The predicted molar refractivity (Wildman–Crippen MR) is 73.7 cm³/mol. The first-order chi connectivity index (χ1) is 8.92. The van der Waals surface area contributed by atoms with Crippen LogP contribution in [0.2, 0.25) is 0 Å². The van der Waals surface area contributed by atoms with Crippen LogP contribution in [0.1, 0.15) is 19.3 Å². The van der Waals surface area contributed by atoms with Gasteiger partial charge < -0.3 is 10.6 Å². The summed E-state index contributed by atoms with van der Waals surface area (Å²) in [6, 6.07) is 6.74. The number of nitrogens with one attached hydrogen (secondary N) is 2. The molecule has 1 aliphatic rings. The van der Waals surface area contributed by atoms with E-state index in [9.17, 15) is 0 Å². The highest BCUT2D eigenvalue weighted by atomic mass is 15.0. The number of hydrogen-bond acceptors (Lipinski definition) is 4. The molecule has 1 saturated heterocycles. The molecule has 1 aliphatic heterocycles. The quantitative estimate of drug-likeness (QED) is 0.866. The molecule has 1 aromatic carbocycles. The molecule has 0 bridgehead atoms. The number of aromatic nitrogens is 2. The highest BCUT2D eigenvalue weighted by Crippen LogP contribution is 2.15. The van der Waals surface area contributed by atoms with E-state index in [1.54, 1.807) is 12.4 Å². The van der Waals surface area contributed by atoms with Crippen LogP contribution >= 0.6 is 0 Å². The first kappa shape index (κ1) is 11.4. The number of piperidine rings is 1. The van der Waals surface area contributed by atoms with Crippen LogP contribution in [0.4, 0.5) is 5.69 Å².